The number of aliphatic hydroxyl groups excluding tert-OH is 1. The van der Waals surface area contributed by atoms with E-state index in [2.05, 4.69) is 0 Å². The second-order valence-electron chi connectivity index (χ2n) is 6.02. The average Bonchev–Trinajstić information content (AvgIpc) is 2.35. The second kappa shape index (κ2) is 7.56. The molecule has 1 aromatic rings. The molecule has 1 amide bonds. The third-order valence-electron chi connectivity index (χ3n) is 2.58. The minimum atomic E-state index is -0.869. The number of likely N-dealkylation sites (N-methyl/N-ethyl adjacent to an activating group) is 1. The summed E-state index contributed by atoms with van der Waals surface area (Å²) in [6.45, 7) is 5.42. The summed E-state index contributed by atoms with van der Waals surface area (Å²) in [4.78, 5) is 13.1. The SMILES string of the molecule is CN(CC(O)COc1ccc(N)cc1Cl)C(=O)OC(C)(C)C. The molecule has 0 bridgehead atoms. The minimum absolute atomic E-state index is 0.00320. The van der Waals surface area contributed by atoms with Gasteiger partial charge in [-0.15, -0.1) is 0 Å². The minimum Gasteiger partial charge on any atom is -0.489 e. The van der Waals surface area contributed by atoms with Crippen LogP contribution in [0.4, 0.5) is 10.5 Å². The molecule has 0 heterocycles. The van der Waals surface area contributed by atoms with Crippen molar-refractivity contribution in [3.05, 3.63) is 23.2 Å². The van der Waals surface area contributed by atoms with Crippen molar-refractivity contribution >= 4 is 23.4 Å². The predicted molar refractivity (Wildman–Crippen MR) is 86.2 cm³/mol. The molecular weight excluding hydrogens is 308 g/mol. The molecule has 0 spiro atoms. The Labute approximate surface area is 135 Å². The largest absolute Gasteiger partial charge is 0.489 e. The maximum absolute atomic E-state index is 11.8. The van der Waals surface area contributed by atoms with Crippen LogP contribution in [0.5, 0.6) is 5.75 Å². The van der Waals surface area contributed by atoms with Crippen LogP contribution in [0.2, 0.25) is 5.02 Å². The van der Waals surface area contributed by atoms with E-state index in [0.717, 1.165) is 0 Å². The number of nitrogens with zero attached hydrogens (tertiary/aromatic N) is 1. The number of anilines is 1. The molecular formula is C15H23ClN2O4. The lowest BCUT2D eigenvalue weighted by atomic mass is 10.2. The maximum atomic E-state index is 11.8. The first-order chi connectivity index (χ1) is 10.1. The summed E-state index contributed by atoms with van der Waals surface area (Å²) in [7, 11) is 1.55. The van der Waals surface area contributed by atoms with Gasteiger partial charge in [-0.1, -0.05) is 11.6 Å². The number of carbonyl (C=O) groups excluding carboxylic acids is 1. The van der Waals surface area contributed by atoms with Crippen LogP contribution < -0.4 is 10.5 Å². The zero-order valence-electron chi connectivity index (χ0n) is 13.3. The van der Waals surface area contributed by atoms with E-state index in [1.165, 1.54) is 4.90 Å². The molecule has 0 aliphatic heterocycles. The Morgan fingerprint density at radius 3 is 2.64 bits per heavy atom. The maximum Gasteiger partial charge on any atom is 0.410 e. The molecule has 124 valence electrons. The van der Waals surface area contributed by atoms with E-state index in [-0.39, 0.29) is 13.2 Å². The number of benzene rings is 1. The number of aliphatic hydroxyl groups is 1. The van der Waals surface area contributed by atoms with E-state index in [9.17, 15) is 9.90 Å². The Hall–Kier alpha value is -1.66. The van der Waals surface area contributed by atoms with Crippen molar-refractivity contribution in [2.75, 3.05) is 25.9 Å². The Bertz CT molecular complexity index is 517. The van der Waals surface area contributed by atoms with E-state index >= 15 is 0 Å². The fourth-order valence-corrected chi connectivity index (χ4v) is 1.85. The molecule has 0 aliphatic carbocycles. The number of amides is 1. The average molecular weight is 331 g/mol. The molecule has 22 heavy (non-hydrogen) atoms. The van der Waals surface area contributed by atoms with Crippen molar-refractivity contribution in [3.8, 4) is 5.75 Å². The molecule has 0 aromatic heterocycles. The van der Waals surface area contributed by atoms with E-state index < -0.39 is 17.8 Å². The van der Waals surface area contributed by atoms with Crippen LogP contribution in [-0.4, -0.2) is 48.0 Å². The van der Waals surface area contributed by atoms with Gasteiger partial charge in [0.2, 0.25) is 0 Å². The molecule has 0 saturated heterocycles. The first-order valence-corrected chi connectivity index (χ1v) is 7.26. The van der Waals surface area contributed by atoms with Crippen molar-refractivity contribution in [2.45, 2.75) is 32.5 Å². The monoisotopic (exact) mass is 330 g/mol. The smallest absolute Gasteiger partial charge is 0.410 e. The Morgan fingerprint density at radius 1 is 1.45 bits per heavy atom. The number of nitrogens with two attached hydrogens (primary N) is 1. The lowest BCUT2D eigenvalue weighted by Gasteiger charge is -2.26. The van der Waals surface area contributed by atoms with Gasteiger partial charge in [0.1, 0.15) is 24.1 Å². The van der Waals surface area contributed by atoms with Crippen LogP contribution in [0, 0.1) is 0 Å². The molecule has 0 fully saturated rings. The van der Waals surface area contributed by atoms with Crippen LogP contribution >= 0.6 is 11.6 Å². The first kappa shape index (κ1) is 18.4. The van der Waals surface area contributed by atoms with E-state index in [1.54, 1.807) is 46.0 Å². The zero-order valence-corrected chi connectivity index (χ0v) is 14.1. The number of ether oxygens (including phenoxy) is 2. The summed E-state index contributed by atoms with van der Waals surface area (Å²) in [6.07, 6.45) is -1.37. The van der Waals surface area contributed by atoms with Crippen molar-refractivity contribution in [1.82, 2.24) is 4.90 Å². The number of rotatable bonds is 5. The number of hydrogen-bond acceptors (Lipinski definition) is 5. The summed E-state index contributed by atoms with van der Waals surface area (Å²) in [5.74, 6) is 0.426. The van der Waals surface area contributed by atoms with Crippen LogP contribution in [0.25, 0.3) is 0 Å². The normalized spacial score (nSPS) is 12.6. The molecule has 1 aromatic carbocycles. The van der Waals surface area contributed by atoms with Crippen LogP contribution in [-0.2, 0) is 4.74 Å². The summed E-state index contributed by atoms with van der Waals surface area (Å²) in [5.41, 5.74) is 5.54. The summed E-state index contributed by atoms with van der Waals surface area (Å²) in [6, 6.07) is 4.85. The topological polar surface area (TPSA) is 85.0 Å². The number of carbonyl (C=O) groups is 1. The molecule has 7 heteroatoms. The molecule has 6 nitrogen and oxygen atoms in total. The quantitative estimate of drug-likeness (QED) is 0.810. The van der Waals surface area contributed by atoms with Crippen molar-refractivity contribution < 1.29 is 19.4 Å². The van der Waals surface area contributed by atoms with Crippen LogP contribution in [0.1, 0.15) is 20.8 Å². The molecule has 1 unspecified atom stereocenters. The number of halogens is 1. The number of hydrogen-bond donors (Lipinski definition) is 2. The van der Waals surface area contributed by atoms with Crippen molar-refractivity contribution in [2.24, 2.45) is 0 Å². The standard InChI is InChI=1S/C15H23ClN2O4/c1-15(2,3)22-14(20)18(4)8-11(19)9-21-13-6-5-10(17)7-12(13)16/h5-7,11,19H,8-9,17H2,1-4H3. The second-order valence-corrected chi connectivity index (χ2v) is 6.42. The lowest BCUT2D eigenvalue weighted by Crippen LogP contribution is -2.40. The van der Waals surface area contributed by atoms with E-state index in [0.29, 0.717) is 16.5 Å². The lowest BCUT2D eigenvalue weighted by molar-refractivity contribution is 0.0154. The van der Waals surface area contributed by atoms with Crippen LogP contribution in [0.15, 0.2) is 18.2 Å². The molecule has 0 saturated carbocycles. The van der Waals surface area contributed by atoms with Gasteiger partial charge < -0.3 is 25.2 Å². The van der Waals surface area contributed by atoms with Gasteiger partial charge in [0, 0.05) is 12.7 Å². The first-order valence-electron chi connectivity index (χ1n) is 6.88. The fourth-order valence-electron chi connectivity index (χ4n) is 1.60. The molecule has 0 aliphatic rings. The highest BCUT2D eigenvalue weighted by atomic mass is 35.5. The van der Waals surface area contributed by atoms with E-state index in [1.807, 2.05) is 0 Å². The van der Waals surface area contributed by atoms with Gasteiger partial charge in [-0.2, -0.15) is 0 Å². The summed E-state index contributed by atoms with van der Waals surface area (Å²) in [5, 5.41) is 10.3. The third kappa shape index (κ3) is 6.41. The molecule has 0 radical (unpaired) electrons. The number of nitrogen functional groups attached to an aromatic ring is 1. The molecule has 3 N–H and O–H groups in total. The van der Waals surface area contributed by atoms with Gasteiger partial charge in [0.15, 0.2) is 0 Å². The van der Waals surface area contributed by atoms with Gasteiger partial charge in [-0.3, -0.25) is 0 Å². The van der Waals surface area contributed by atoms with Gasteiger partial charge in [-0.05, 0) is 39.0 Å². The fraction of sp³-hybridized carbons (Fsp3) is 0.533. The highest BCUT2D eigenvalue weighted by molar-refractivity contribution is 6.32. The third-order valence-corrected chi connectivity index (χ3v) is 2.87. The van der Waals surface area contributed by atoms with Gasteiger partial charge in [-0.25, -0.2) is 4.79 Å². The molecule has 1 rings (SSSR count). The van der Waals surface area contributed by atoms with Gasteiger partial charge in [0.05, 0.1) is 11.6 Å². The Morgan fingerprint density at radius 2 is 2.09 bits per heavy atom. The summed E-state index contributed by atoms with van der Waals surface area (Å²) < 4.78 is 10.6. The Kier molecular flexibility index (Phi) is 6.32. The molecule has 1 atom stereocenters. The predicted octanol–water partition coefficient (Wildman–Crippen LogP) is 2.53. The van der Waals surface area contributed by atoms with Gasteiger partial charge >= 0.3 is 6.09 Å². The van der Waals surface area contributed by atoms with Gasteiger partial charge in [0.25, 0.3) is 0 Å². The van der Waals surface area contributed by atoms with Crippen molar-refractivity contribution in [3.63, 3.8) is 0 Å². The zero-order chi connectivity index (χ0) is 16.9. The van der Waals surface area contributed by atoms with Crippen LogP contribution in [0.3, 0.4) is 0 Å². The van der Waals surface area contributed by atoms with Crippen molar-refractivity contribution in [1.29, 1.82) is 0 Å². The highest BCUT2D eigenvalue weighted by Crippen LogP contribution is 2.26. The summed E-state index contributed by atoms with van der Waals surface area (Å²) >= 11 is 5.97. The Balaban J connectivity index is 2.45. The van der Waals surface area contributed by atoms with E-state index in [4.69, 9.17) is 26.8 Å². The highest BCUT2D eigenvalue weighted by Gasteiger charge is 2.21.